The number of nitrogens with zero attached hydrogens (tertiary/aromatic N) is 12. The van der Waals surface area contributed by atoms with Gasteiger partial charge < -0.3 is 38.5 Å². The molecule has 0 radical (unpaired) electrons. The van der Waals surface area contributed by atoms with Crippen molar-refractivity contribution in [3.8, 4) is 34.3 Å². The summed E-state index contributed by atoms with van der Waals surface area (Å²) in [6.07, 6.45) is 2.99. The number of amides is 2. The molecule has 0 aliphatic carbocycles. The maximum absolute atomic E-state index is 13.4. The number of rotatable bonds is 14. The summed E-state index contributed by atoms with van der Waals surface area (Å²) in [5.41, 5.74) is 8.91. The highest BCUT2D eigenvalue weighted by atomic mass is 35.5. The molecule has 97 heavy (non-hydrogen) atoms. The minimum atomic E-state index is -0.793. The van der Waals surface area contributed by atoms with E-state index >= 15 is 0 Å². The van der Waals surface area contributed by atoms with Crippen LogP contribution in [0.1, 0.15) is 110 Å². The first-order chi connectivity index (χ1) is 46.5. The number of halogens is 1. The number of carbonyl (C=O) groups is 4. The van der Waals surface area contributed by atoms with Gasteiger partial charge in [0.15, 0.2) is 29.0 Å². The van der Waals surface area contributed by atoms with Crippen molar-refractivity contribution in [1.29, 1.82) is 0 Å². The standard InChI is InChI=1S/C28H29N7O4.C28H33N7O2.C9H11ClO.C9H12O/c1-17-20-16-19(10-11-21(20)31-30-17)25-29-26(34-12-14-35(15-13-34)27(38)39-28(2,3)4)22(32-33-25)24(37)23(36)18-8-6-5-7-9-18;1-19-22-18-21(11-13-23(22)31-30-19)25-29-26(24(32-33-25)12-10-20-8-6-5-7-9-20)34-14-16-35(17-15-34)27(36)37-28(2,3)4;1-3-7-4-5-9(11-2)8(10)6-7;1-3-8-4-6-9(10-2)7-5-8/h5-11,16H,12-15H2,1-4H3,(H,30,31);5-9,11,13,18H,10,12,14-17H2,1-4H3,(H,30,31);4-6H,3H2,1-2H3;4-7H,3H2,1-2H3. The lowest BCUT2D eigenvalue weighted by atomic mass is 10.0. The van der Waals surface area contributed by atoms with E-state index in [1.165, 1.54) is 16.7 Å². The van der Waals surface area contributed by atoms with Gasteiger partial charge in [0.05, 0.1) is 30.3 Å². The first kappa shape index (κ1) is 71.0. The first-order valence-corrected chi connectivity index (χ1v) is 32.9. The smallest absolute Gasteiger partial charge is 0.410 e. The fourth-order valence-corrected chi connectivity index (χ4v) is 10.9. The average molecular weight is 1330 g/mol. The number of anilines is 2. The van der Waals surface area contributed by atoms with Gasteiger partial charge in [0.1, 0.15) is 28.4 Å². The Balaban J connectivity index is 0.000000175. The monoisotopic (exact) mass is 1330 g/mol. The number of fused-ring (bicyclic) bond motifs is 2. The predicted molar refractivity (Wildman–Crippen MR) is 378 cm³/mol. The topological polar surface area (TPSA) is 253 Å². The molecule has 0 saturated carbocycles. The molecular formula is C74H85ClN14O8. The maximum Gasteiger partial charge on any atom is 0.410 e. The van der Waals surface area contributed by atoms with Crippen molar-refractivity contribution in [2.24, 2.45) is 0 Å². The summed E-state index contributed by atoms with van der Waals surface area (Å²) in [6, 6.07) is 44.3. The lowest BCUT2D eigenvalue weighted by Gasteiger charge is -2.36. The van der Waals surface area contributed by atoms with Crippen molar-refractivity contribution in [2.75, 3.05) is 76.4 Å². The summed E-state index contributed by atoms with van der Waals surface area (Å²) in [4.78, 5) is 68.7. The van der Waals surface area contributed by atoms with Crippen LogP contribution in [0.3, 0.4) is 0 Å². The van der Waals surface area contributed by atoms with Crippen LogP contribution in [0.2, 0.25) is 5.02 Å². The Morgan fingerprint density at radius 2 is 0.990 bits per heavy atom. The van der Waals surface area contributed by atoms with Crippen LogP contribution in [0.4, 0.5) is 21.2 Å². The van der Waals surface area contributed by atoms with Crippen LogP contribution in [0, 0.1) is 13.8 Å². The van der Waals surface area contributed by atoms with Gasteiger partial charge in [-0.1, -0.05) is 104 Å². The summed E-state index contributed by atoms with van der Waals surface area (Å²) in [7, 11) is 3.30. The molecular weight excluding hydrogens is 1250 g/mol. The number of aromatic nitrogens is 10. The molecule has 23 heteroatoms. The van der Waals surface area contributed by atoms with Crippen molar-refractivity contribution in [2.45, 2.75) is 106 Å². The van der Waals surface area contributed by atoms with E-state index in [9.17, 15) is 19.2 Å². The van der Waals surface area contributed by atoms with Gasteiger partial charge in [-0.2, -0.15) is 10.2 Å². The Hall–Kier alpha value is -10.4. The zero-order valence-electron chi connectivity index (χ0n) is 57.3. The zero-order valence-corrected chi connectivity index (χ0v) is 58.0. The fraction of sp³-hybridized carbons (Fsp3) is 0.351. The van der Waals surface area contributed by atoms with E-state index in [4.69, 9.17) is 40.5 Å². The van der Waals surface area contributed by atoms with Gasteiger partial charge in [0, 0.05) is 91.2 Å². The van der Waals surface area contributed by atoms with Gasteiger partial charge in [0.2, 0.25) is 5.78 Å². The highest BCUT2D eigenvalue weighted by Gasteiger charge is 2.33. The number of Topliss-reactive ketones (excluding diaryl/α,β-unsaturated/α-hetero) is 2. The number of hydrogen-bond donors (Lipinski definition) is 2. The SMILES string of the molecule is CCc1ccc(OC)c(Cl)c1.CCc1ccc(OC)cc1.Cc1[nH]nc2ccc(-c3nnc(C(=O)C(=O)c4ccccc4)c(N4CCN(C(=O)OC(C)(C)C)CC4)n3)cc12.Cc1[nH]nc2ccc(-c3nnc(CCc4ccccc4)c(N4CCN(C(=O)OC(C)(C)C)CC4)n3)cc12. The summed E-state index contributed by atoms with van der Waals surface area (Å²) >= 11 is 5.88. The Morgan fingerprint density at radius 1 is 0.505 bits per heavy atom. The van der Waals surface area contributed by atoms with Gasteiger partial charge in [-0.05, 0) is 158 Å². The van der Waals surface area contributed by atoms with E-state index < -0.39 is 28.9 Å². The second-order valence-electron chi connectivity index (χ2n) is 25.3. The maximum atomic E-state index is 13.4. The molecule has 6 aromatic carbocycles. The van der Waals surface area contributed by atoms with E-state index in [1.54, 1.807) is 54.4 Å². The lowest BCUT2D eigenvalue weighted by molar-refractivity contribution is 0.0230. The van der Waals surface area contributed by atoms with Gasteiger partial charge in [-0.25, -0.2) is 19.6 Å². The van der Waals surface area contributed by atoms with Crippen molar-refractivity contribution < 1.29 is 38.1 Å². The van der Waals surface area contributed by atoms with E-state index in [0.717, 1.165) is 87.5 Å². The van der Waals surface area contributed by atoms with Crippen LogP contribution in [-0.4, -0.2) is 162 Å². The molecule has 6 heterocycles. The first-order valence-electron chi connectivity index (χ1n) is 32.5. The van der Waals surface area contributed by atoms with E-state index in [0.29, 0.717) is 74.6 Å². The number of methoxy groups -OCH3 is 2. The Bertz CT molecular complexity index is 4290. The third kappa shape index (κ3) is 19.0. The van der Waals surface area contributed by atoms with Crippen LogP contribution in [0.5, 0.6) is 11.5 Å². The van der Waals surface area contributed by atoms with E-state index in [-0.39, 0.29) is 23.2 Å². The molecule has 506 valence electrons. The quantitative estimate of drug-likeness (QED) is 0.0758. The van der Waals surface area contributed by atoms with E-state index in [1.807, 2.05) is 139 Å². The predicted octanol–water partition coefficient (Wildman–Crippen LogP) is 13.6. The van der Waals surface area contributed by atoms with Crippen molar-refractivity contribution in [3.63, 3.8) is 0 Å². The van der Waals surface area contributed by atoms with Crippen LogP contribution < -0.4 is 19.3 Å². The summed E-state index contributed by atoms with van der Waals surface area (Å²) in [5, 5.41) is 34.8. The zero-order chi connectivity index (χ0) is 69.4. The highest BCUT2D eigenvalue weighted by molar-refractivity contribution is 6.49. The van der Waals surface area contributed by atoms with Gasteiger partial charge in [0.25, 0.3) is 5.78 Å². The molecule has 0 unspecified atom stereocenters. The lowest BCUT2D eigenvalue weighted by Crippen LogP contribution is -2.50. The molecule has 2 aliphatic rings. The van der Waals surface area contributed by atoms with Crippen molar-refractivity contribution in [3.05, 3.63) is 190 Å². The van der Waals surface area contributed by atoms with Gasteiger partial charge >= 0.3 is 12.2 Å². The molecule has 2 amide bonds. The summed E-state index contributed by atoms with van der Waals surface area (Å²) < 4.78 is 21.1. The number of benzene rings is 6. The molecule has 2 N–H and O–H groups in total. The molecule has 2 saturated heterocycles. The largest absolute Gasteiger partial charge is 0.497 e. The van der Waals surface area contributed by atoms with Crippen LogP contribution in [0.15, 0.2) is 140 Å². The second-order valence-corrected chi connectivity index (χ2v) is 25.7. The Morgan fingerprint density at radius 3 is 1.47 bits per heavy atom. The van der Waals surface area contributed by atoms with Crippen molar-refractivity contribution >= 4 is 68.8 Å². The number of aromatic amines is 2. The minimum Gasteiger partial charge on any atom is -0.497 e. The number of hydrogen-bond acceptors (Lipinski definition) is 18. The van der Waals surface area contributed by atoms with Gasteiger partial charge in [-0.15, -0.1) is 20.4 Å². The third-order valence-corrected chi connectivity index (χ3v) is 16.3. The summed E-state index contributed by atoms with van der Waals surface area (Å²) in [6.45, 7) is 23.1. The number of H-pyrrole nitrogens is 2. The molecule has 2 fully saturated rings. The number of nitrogens with one attached hydrogen (secondary N) is 2. The minimum absolute atomic E-state index is 0.126. The normalized spacial score (nSPS) is 13.1. The van der Waals surface area contributed by atoms with Crippen LogP contribution in [-0.2, 0) is 35.2 Å². The van der Waals surface area contributed by atoms with E-state index in [2.05, 4.69) is 89.9 Å². The molecule has 4 aromatic heterocycles. The molecule has 0 spiro atoms. The number of ketones is 2. The number of carbonyl (C=O) groups excluding carboxylic acids is 4. The number of piperazine rings is 2. The fourth-order valence-electron chi connectivity index (χ4n) is 10.6. The van der Waals surface area contributed by atoms with Crippen LogP contribution >= 0.6 is 11.6 Å². The number of ether oxygens (including phenoxy) is 4. The van der Waals surface area contributed by atoms with Crippen LogP contribution in [0.25, 0.3) is 44.6 Å². The molecule has 12 rings (SSSR count). The average Bonchev–Trinajstić information content (AvgIpc) is 1.88. The van der Waals surface area contributed by atoms with Crippen molar-refractivity contribution in [1.82, 2.24) is 60.6 Å². The Labute approximate surface area is 571 Å². The highest BCUT2D eigenvalue weighted by Crippen LogP contribution is 2.30. The molecule has 0 atom stereocenters. The third-order valence-electron chi connectivity index (χ3n) is 16.0. The molecule has 22 nitrogen and oxygen atoms in total. The summed E-state index contributed by atoms with van der Waals surface area (Å²) in [5.74, 6) is 2.15. The second kappa shape index (κ2) is 32.4. The number of aryl methyl sites for hydroxylation is 6. The molecule has 0 bridgehead atoms. The van der Waals surface area contributed by atoms with Gasteiger partial charge in [-0.3, -0.25) is 19.8 Å². The molecule has 10 aromatic rings. The molecule has 2 aliphatic heterocycles. The Kier molecular flexibility index (Phi) is 23.7.